The fraction of sp³-hybridized carbons (Fsp3) is 0.471. The Bertz CT molecular complexity index is 545. The van der Waals surface area contributed by atoms with E-state index in [-0.39, 0.29) is 11.7 Å². The normalized spacial score (nSPS) is 25.1. The molecule has 0 N–H and O–H groups in total. The van der Waals surface area contributed by atoms with Crippen LogP contribution in [0, 0.1) is 5.82 Å². The molecule has 3 rings (SSSR count). The quantitative estimate of drug-likeness (QED) is 0.793. The molecule has 2 aliphatic heterocycles. The van der Waals surface area contributed by atoms with Crippen molar-refractivity contribution in [2.75, 3.05) is 19.6 Å². The minimum atomic E-state index is -0.280. The summed E-state index contributed by atoms with van der Waals surface area (Å²) >= 11 is 0. The van der Waals surface area contributed by atoms with E-state index in [2.05, 4.69) is 11.5 Å². The van der Waals surface area contributed by atoms with E-state index in [1.165, 1.54) is 12.1 Å². The molecule has 4 heteroatoms. The molecule has 2 aliphatic rings. The zero-order valence-corrected chi connectivity index (χ0v) is 12.2. The van der Waals surface area contributed by atoms with Gasteiger partial charge in [-0.05, 0) is 30.5 Å². The molecule has 0 unspecified atom stereocenters. The molecule has 21 heavy (non-hydrogen) atoms. The number of carbonyl (C=O) groups is 1. The van der Waals surface area contributed by atoms with Gasteiger partial charge in [0.15, 0.2) is 0 Å². The molecule has 1 amide bonds. The van der Waals surface area contributed by atoms with Crippen molar-refractivity contribution in [3.63, 3.8) is 0 Å². The molecule has 2 fully saturated rings. The van der Waals surface area contributed by atoms with Gasteiger partial charge in [0.2, 0.25) is 5.91 Å². The standard InChI is InChI=1S/C17H21FN2O/c1-2-8-19-9-6-16-15(19)7-10-20(16)17(21)12-13-4-3-5-14(18)11-13/h2-5,11,15-16H,1,6-10,12H2/t15-,16+/m0/s1. The topological polar surface area (TPSA) is 23.6 Å². The van der Waals surface area contributed by atoms with Gasteiger partial charge < -0.3 is 4.90 Å². The van der Waals surface area contributed by atoms with Crippen LogP contribution in [-0.2, 0) is 11.2 Å². The van der Waals surface area contributed by atoms with E-state index in [9.17, 15) is 9.18 Å². The Morgan fingerprint density at radius 3 is 2.90 bits per heavy atom. The van der Waals surface area contributed by atoms with Crippen LogP contribution in [0.1, 0.15) is 18.4 Å². The first-order valence-corrected chi connectivity index (χ1v) is 7.58. The largest absolute Gasteiger partial charge is 0.338 e. The van der Waals surface area contributed by atoms with E-state index < -0.39 is 0 Å². The van der Waals surface area contributed by atoms with E-state index in [0.717, 1.165) is 38.0 Å². The zero-order chi connectivity index (χ0) is 14.8. The van der Waals surface area contributed by atoms with Crippen molar-refractivity contribution in [1.82, 2.24) is 9.80 Å². The Morgan fingerprint density at radius 1 is 1.33 bits per heavy atom. The van der Waals surface area contributed by atoms with Gasteiger partial charge in [0.05, 0.1) is 6.42 Å². The van der Waals surface area contributed by atoms with Crippen LogP contribution in [0.3, 0.4) is 0 Å². The first kappa shape index (κ1) is 14.3. The molecule has 1 aromatic rings. The number of hydrogen-bond acceptors (Lipinski definition) is 2. The SMILES string of the molecule is C=CCN1CC[C@@H]2[C@@H]1CCN2C(=O)Cc1cccc(F)c1. The fourth-order valence-corrected chi connectivity index (χ4v) is 3.70. The number of halogens is 1. The van der Waals surface area contributed by atoms with Gasteiger partial charge in [-0.15, -0.1) is 6.58 Å². The lowest BCUT2D eigenvalue weighted by Crippen LogP contribution is -2.40. The Morgan fingerprint density at radius 2 is 2.14 bits per heavy atom. The summed E-state index contributed by atoms with van der Waals surface area (Å²) in [5.74, 6) is -0.161. The number of fused-ring (bicyclic) bond motifs is 1. The lowest BCUT2D eigenvalue weighted by atomic mass is 10.1. The van der Waals surface area contributed by atoms with Crippen LogP contribution >= 0.6 is 0 Å². The van der Waals surface area contributed by atoms with Crippen LogP contribution in [0.5, 0.6) is 0 Å². The molecule has 0 aromatic heterocycles. The van der Waals surface area contributed by atoms with Crippen LogP contribution in [0.4, 0.5) is 4.39 Å². The van der Waals surface area contributed by atoms with Gasteiger partial charge in [-0.3, -0.25) is 9.69 Å². The highest BCUT2D eigenvalue weighted by atomic mass is 19.1. The van der Waals surface area contributed by atoms with Gasteiger partial charge in [0, 0.05) is 31.7 Å². The minimum absolute atomic E-state index is 0.119. The molecular weight excluding hydrogens is 267 g/mol. The Kier molecular flexibility index (Phi) is 4.06. The van der Waals surface area contributed by atoms with Crippen molar-refractivity contribution in [3.8, 4) is 0 Å². The highest BCUT2D eigenvalue weighted by Gasteiger charge is 2.43. The van der Waals surface area contributed by atoms with Crippen LogP contribution in [0.25, 0.3) is 0 Å². The average Bonchev–Trinajstić information content (AvgIpc) is 3.02. The summed E-state index contributed by atoms with van der Waals surface area (Å²) in [4.78, 5) is 16.9. The predicted octanol–water partition coefficient (Wildman–Crippen LogP) is 2.23. The lowest BCUT2D eigenvalue weighted by molar-refractivity contribution is -0.131. The second-order valence-corrected chi connectivity index (χ2v) is 5.89. The summed E-state index contributed by atoms with van der Waals surface area (Å²) < 4.78 is 13.2. The maximum absolute atomic E-state index is 13.2. The van der Waals surface area contributed by atoms with Crippen molar-refractivity contribution in [2.24, 2.45) is 0 Å². The Balaban J connectivity index is 1.65. The molecule has 2 heterocycles. The third kappa shape index (κ3) is 2.86. The summed E-state index contributed by atoms with van der Waals surface area (Å²) in [6.45, 7) is 6.54. The molecule has 3 nitrogen and oxygen atoms in total. The summed E-state index contributed by atoms with van der Waals surface area (Å²) in [6, 6.07) is 7.12. The lowest BCUT2D eigenvalue weighted by Gasteiger charge is -2.25. The zero-order valence-electron chi connectivity index (χ0n) is 12.2. The van der Waals surface area contributed by atoms with Crippen molar-refractivity contribution in [2.45, 2.75) is 31.3 Å². The Hall–Kier alpha value is -1.68. The molecule has 2 atom stereocenters. The van der Waals surface area contributed by atoms with Gasteiger partial charge in [0.1, 0.15) is 5.82 Å². The molecule has 0 spiro atoms. The highest BCUT2D eigenvalue weighted by molar-refractivity contribution is 5.79. The first-order chi connectivity index (χ1) is 10.2. The highest BCUT2D eigenvalue weighted by Crippen LogP contribution is 2.31. The molecule has 0 radical (unpaired) electrons. The minimum Gasteiger partial charge on any atom is -0.338 e. The number of amides is 1. The number of likely N-dealkylation sites (tertiary alicyclic amines) is 2. The molecule has 0 aliphatic carbocycles. The second kappa shape index (κ2) is 5.98. The number of carbonyl (C=O) groups excluding carboxylic acids is 1. The van der Waals surface area contributed by atoms with Gasteiger partial charge >= 0.3 is 0 Å². The maximum atomic E-state index is 13.2. The van der Waals surface area contributed by atoms with Gasteiger partial charge in [-0.1, -0.05) is 18.2 Å². The van der Waals surface area contributed by atoms with Gasteiger partial charge in [-0.25, -0.2) is 4.39 Å². The van der Waals surface area contributed by atoms with Crippen molar-refractivity contribution in [1.29, 1.82) is 0 Å². The Labute approximate surface area is 125 Å². The number of benzene rings is 1. The summed E-state index contributed by atoms with van der Waals surface area (Å²) in [5, 5.41) is 0. The molecule has 0 saturated carbocycles. The number of nitrogens with zero attached hydrogens (tertiary/aromatic N) is 2. The van der Waals surface area contributed by atoms with Crippen LogP contribution in [0.2, 0.25) is 0 Å². The van der Waals surface area contributed by atoms with Crippen LogP contribution in [0.15, 0.2) is 36.9 Å². The van der Waals surface area contributed by atoms with E-state index in [0.29, 0.717) is 18.5 Å². The summed E-state index contributed by atoms with van der Waals surface area (Å²) in [7, 11) is 0. The van der Waals surface area contributed by atoms with Crippen molar-refractivity contribution < 1.29 is 9.18 Å². The number of hydrogen-bond donors (Lipinski definition) is 0. The third-order valence-electron chi connectivity index (χ3n) is 4.62. The molecule has 112 valence electrons. The fourth-order valence-electron chi connectivity index (χ4n) is 3.70. The van der Waals surface area contributed by atoms with E-state index in [4.69, 9.17) is 0 Å². The third-order valence-corrected chi connectivity index (χ3v) is 4.62. The molecule has 2 saturated heterocycles. The van der Waals surface area contributed by atoms with Crippen LogP contribution < -0.4 is 0 Å². The second-order valence-electron chi connectivity index (χ2n) is 5.89. The number of rotatable bonds is 4. The summed E-state index contributed by atoms with van der Waals surface area (Å²) in [5.41, 5.74) is 0.754. The molecule has 0 bridgehead atoms. The van der Waals surface area contributed by atoms with E-state index >= 15 is 0 Å². The van der Waals surface area contributed by atoms with Gasteiger partial charge in [0.25, 0.3) is 0 Å². The first-order valence-electron chi connectivity index (χ1n) is 7.58. The predicted molar refractivity (Wildman–Crippen MR) is 80.4 cm³/mol. The van der Waals surface area contributed by atoms with Crippen molar-refractivity contribution in [3.05, 3.63) is 48.3 Å². The molecular formula is C17H21FN2O. The monoisotopic (exact) mass is 288 g/mol. The smallest absolute Gasteiger partial charge is 0.227 e. The van der Waals surface area contributed by atoms with E-state index in [1.807, 2.05) is 17.0 Å². The van der Waals surface area contributed by atoms with E-state index in [1.54, 1.807) is 6.07 Å². The van der Waals surface area contributed by atoms with Crippen LogP contribution in [-0.4, -0.2) is 47.4 Å². The maximum Gasteiger partial charge on any atom is 0.227 e. The van der Waals surface area contributed by atoms with Crippen molar-refractivity contribution >= 4 is 5.91 Å². The average molecular weight is 288 g/mol. The molecule has 1 aromatic carbocycles. The summed E-state index contributed by atoms with van der Waals surface area (Å²) in [6.07, 6.45) is 4.29. The van der Waals surface area contributed by atoms with Gasteiger partial charge in [-0.2, -0.15) is 0 Å².